The molecule has 5 nitrogen and oxygen atoms in total. The van der Waals surface area contributed by atoms with Crippen LogP contribution in [0.15, 0.2) is 24.3 Å². The van der Waals surface area contributed by atoms with Crippen molar-refractivity contribution in [2.75, 3.05) is 6.54 Å². The van der Waals surface area contributed by atoms with Gasteiger partial charge in [0.1, 0.15) is 5.82 Å². The quantitative estimate of drug-likeness (QED) is 0.706. The van der Waals surface area contributed by atoms with Crippen LogP contribution in [0.25, 0.3) is 0 Å². The van der Waals surface area contributed by atoms with Crippen LogP contribution in [-0.2, 0) is 4.79 Å². The van der Waals surface area contributed by atoms with Crippen LogP contribution in [0, 0.1) is 11.2 Å². The summed E-state index contributed by atoms with van der Waals surface area (Å²) in [5.41, 5.74) is 5.81. The number of nitrogens with two attached hydrogens (primary N) is 1. The third-order valence-corrected chi connectivity index (χ3v) is 3.26. The Bertz CT molecular complexity index is 509. The summed E-state index contributed by atoms with van der Waals surface area (Å²) in [7, 11) is 0. The monoisotopic (exact) mass is 309 g/mol. The van der Waals surface area contributed by atoms with E-state index in [9.17, 15) is 14.0 Å². The fourth-order valence-electron chi connectivity index (χ4n) is 2.27. The minimum atomic E-state index is -0.836. The summed E-state index contributed by atoms with van der Waals surface area (Å²) in [6.07, 6.45) is 0.795. The zero-order valence-corrected chi connectivity index (χ0v) is 13.3. The highest BCUT2D eigenvalue weighted by molar-refractivity contribution is 5.93. The van der Waals surface area contributed by atoms with Gasteiger partial charge in [-0.1, -0.05) is 32.9 Å². The molecule has 0 saturated heterocycles. The number of benzene rings is 1. The van der Waals surface area contributed by atoms with E-state index in [-0.39, 0.29) is 29.6 Å². The molecular formula is C16H24FN3O2. The van der Waals surface area contributed by atoms with Crippen LogP contribution in [-0.4, -0.2) is 18.5 Å². The third kappa shape index (κ3) is 6.22. The van der Waals surface area contributed by atoms with Crippen molar-refractivity contribution in [1.29, 1.82) is 0 Å². The first-order valence-corrected chi connectivity index (χ1v) is 7.28. The Morgan fingerprint density at radius 2 is 1.82 bits per heavy atom. The number of urea groups is 1. The maximum Gasteiger partial charge on any atom is 0.318 e. The number of carbonyl (C=O) groups is 2. The van der Waals surface area contributed by atoms with Crippen molar-refractivity contribution in [3.63, 3.8) is 0 Å². The Morgan fingerprint density at radius 1 is 1.23 bits per heavy atom. The molecule has 0 aromatic heterocycles. The molecule has 0 aliphatic heterocycles. The lowest BCUT2D eigenvalue weighted by Crippen LogP contribution is -2.36. The summed E-state index contributed by atoms with van der Waals surface area (Å²) >= 11 is 0. The van der Waals surface area contributed by atoms with Gasteiger partial charge in [0.15, 0.2) is 0 Å². The van der Waals surface area contributed by atoms with E-state index in [4.69, 9.17) is 5.73 Å². The van der Waals surface area contributed by atoms with Crippen LogP contribution in [0.1, 0.15) is 45.2 Å². The highest BCUT2D eigenvalue weighted by Crippen LogP contribution is 2.32. The van der Waals surface area contributed by atoms with Gasteiger partial charge in [0.2, 0.25) is 5.91 Å². The third-order valence-electron chi connectivity index (χ3n) is 3.26. The largest absolute Gasteiger partial charge is 0.351 e. The number of halogens is 1. The number of amides is 3. The SMILES string of the molecule is CC(C)(C)[C@H](NCCCC(=O)NC(N)=O)c1ccc(F)cc1. The molecule has 0 saturated carbocycles. The number of hydrogen-bond acceptors (Lipinski definition) is 3. The molecule has 0 aliphatic carbocycles. The van der Waals surface area contributed by atoms with Gasteiger partial charge < -0.3 is 11.1 Å². The van der Waals surface area contributed by atoms with Crippen molar-refractivity contribution in [3.8, 4) is 0 Å². The average Bonchev–Trinajstić information content (AvgIpc) is 2.38. The van der Waals surface area contributed by atoms with Crippen LogP contribution >= 0.6 is 0 Å². The Hall–Kier alpha value is -1.95. The van der Waals surface area contributed by atoms with E-state index < -0.39 is 6.03 Å². The number of nitrogens with one attached hydrogen (secondary N) is 2. The highest BCUT2D eigenvalue weighted by atomic mass is 19.1. The summed E-state index contributed by atoms with van der Waals surface area (Å²) in [5.74, 6) is -0.650. The zero-order valence-electron chi connectivity index (χ0n) is 13.3. The van der Waals surface area contributed by atoms with Crippen LogP contribution in [0.4, 0.5) is 9.18 Å². The first-order valence-electron chi connectivity index (χ1n) is 7.28. The lowest BCUT2D eigenvalue weighted by molar-refractivity contribution is -0.120. The van der Waals surface area contributed by atoms with Crippen LogP contribution < -0.4 is 16.4 Å². The number of imide groups is 1. The lowest BCUT2D eigenvalue weighted by atomic mass is 9.82. The molecular weight excluding hydrogens is 285 g/mol. The predicted molar refractivity (Wildman–Crippen MR) is 83.6 cm³/mol. The molecule has 1 rings (SSSR count). The number of carbonyl (C=O) groups excluding carboxylic acids is 2. The second-order valence-corrected chi connectivity index (χ2v) is 6.32. The molecule has 0 heterocycles. The smallest absolute Gasteiger partial charge is 0.318 e. The summed E-state index contributed by atoms with van der Waals surface area (Å²) in [4.78, 5) is 21.9. The average molecular weight is 309 g/mol. The first kappa shape index (κ1) is 18.1. The Morgan fingerprint density at radius 3 is 2.32 bits per heavy atom. The van der Waals surface area contributed by atoms with E-state index in [1.54, 1.807) is 12.1 Å². The van der Waals surface area contributed by atoms with Crippen molar-refractivity contribution >= 4 is 11.9 Å². The summed E-state index contributed by atoms with van der Waals surface area (Å²) < 4.78 is 13.0. The normalized spacial score (nSPS) is 12.7. The summed E-state index contributed by atoms with van der Waals surface area (Å²) in [6.45, 7) is 6.88. The van der Waals surface area contributed by atoms with Gasteiger partial charge in [0.05, 0.1) is 0 Å². The molecule has 0 bridgehead atoms. The van der Waals surface area contributed by atoms with E-state index in [2.05, 4.69) is 26.1 Å². The van der Waals surface area contributed by atoms with E-state index in [0.717, 1.165) is 5.56 Å². The van der Waals surface area contributed by atoms with Crippen molar-refractivity contribution in [1.82, 2.24) is 10.6 Å². The molecule has 1 atom stereocenters. The summed E-state index contributed by atoms with van der Waals surface area (Å²) in [5, 5.41) is 5.42. The van der Waals surface area contributed by atoms with Crippen molar-refractivity contribution in [3.05, 3.63) is 35.6 Å². The van der Waals surface area contributed by atoms with E-state index in [0.29, 0.717) is 13.0 Å². The Labute approximate surface area is 130 Å². The standard InChI is InChI=1S/C16H24FN3O2/c1-16(2,3)14(11-6-8-12(17)9-7-11)19-10-4-5-13(21)20-15(18)22/h6-9,14,19H,4-5,10H2,1-3H3,(H3,18,20,21,22)/t14-/m1/s1. The molecule has 22 heavy (non-hydrogen) atoms. The van der Waals surface area contributed by atoms with Crippen molar-refractivity contribution in [2.45, 2.75) is 39.7 Å². The molecule has 0 unspecified atom stereocenters. The number of hydrogen-bond donors (Lipinski definition) is 3. The minimum Gasteiger partial charge on any atom is -0.351 e. The van der Waals surface area contributed by atoms with Crippen LogP contribution in [0.3, 0.4) is 0 Å². The second kappa shape index (κ2) is 7.89. The Balaban J connectivity index is 2.55. The van der Waals surface area contributed by atoms with Gasteiger partial charge in [-0.15, -0.1) is 0 Å². The molecule has 0 aliphatic rings. The fourth-order valence-corrected chi connectivity index (χ4v) is 2.27. The molecule has 4 N–H and O–H groups in total. The Kier molecular flexibility index (Phi) is 6.49. The first-order chi connectivity index (χ1) is 10.2. The predicted octanol–water partition coefficient (Wildman–Crippen LogP) is 2.48. The number of rotatable bonds is 6. The molecule has 0 radical (unpaired) electrons. The maximum absolute atomic E-state index is 13.0. The number of primary amides is 1. The fraction of sp³-hybridized carbons (Fsp3) is 0.500. The van der Waals surface area contributed by atoms with Crippen molar-refractivity contribution < 1.29 is 14.0 Å². The molecule has 0 fully saturated rings. The lowest BCUT2D eigenvalue weighted by Gasteiger charge is -2.32. The second-order valence-electron chi connectivity index (χ2n) is 6.32. The van der Waals surface area contributed by atoms with E-state index in [1.165, 1.54) is 12.1 Å². The van der Waals surface area contributed by atoms with Gasteiger partial charge in [-0.05, 0) is 36.1 Å². The molecule has 3 amide bonds. The highest BCUT2D eigenvalue weighted by Gasteiger charge is 2.25. The van der Waals surface area contributed by atoms with E-state index in [1.807, 2.05) is 5.32 Å². The summed E-state index contributed by atoms with van der Waals surface area (Å²) in [6, 6.07) is 5.60. The van der Waals surface area contributed by atoms with Gasteiger partial charge in [-0.3, -0.25) is 10.1 Å². The molecule has 1 aromatic carbocycles. The van der Waals surface area contributed by atoms with Gasteiger partial charge in [0.25, 0.3) is 0 Å². The van der Waals surface area contributed by atoms with Crippen LogP contribution in [0.2, 0.25) is 0 Å². The molecule has 1 aromatic rings. The maximum atomic E-state index is 13.0. The van der Waals surface area contributed by atoms with E-state index >= 15 is 0 Å². The topological polar surface area (TPSA) is 84.2 Å². The minimum absolute atomic E-state index is 0.0345. The van der Waals surface area contributed by atoms with Gasteiger partial charge in [-0.25, -0.2) is 9.18 Å². The molecule has 6 heteroatoms. The van der Waals surface area contributed by atoms with Gasteiger partial charge in [0, 0.05) is 12.5 Å². The van der Waals surface area contributed by atoms with Crippen molar-refractivity contribution in [2.24, 2.45) is 11.1 Å². The van der Waals surface area contributed by atoms with Gasteiger partial charge >= 0.3 is 6.03 Å². The van der Waals surface area contributed by atoms with Crippen LogP contribution in [0.5, 0.6) is 0 Å². The zero-order chi connectivity index (χ0) is 16.8. The molecule has 122 valence electrons. The van der Waals surface area contributed by atoms with Gasteiger partial charge in [-0.2, -0.15) is 0 Å². The molecule has 0 spiro atoms.